The van der Waals surface area contributed by atoms with Gasteiger partial charge in [0.1, 0.15) is 17.0 Å². The number of carbonyl (C=O) groups excluding carboxylic acids is 3. The molecule has 3 aromatic rings. The zero-order valence-electron chi connectivity index (χ0n) is 35.0. The number of hydrogen-bond donors (Lipinski definition) is 2. The van der Waals surface area contributed by atoms with Gasteiger partial charge in [-0.15, -0.1) is 0 Å². The monoisotopic (exact) mass is 810 g/mol. The van der Waals surface area contributed by atoms with Gasteiger partial charge in [0.15, 0.2) is 6.10 Å². The molecule has 1 aliphatic carbocycles. The van der Waals surface area contributed by atoms with Crippen LogP contribution in [0.4, 0.5) is 10.1 Å². The molecule has 1 aromatic heterocycles. The molecule has 59 heavy (non-hydrogen) atoms. The first-order valence-corrected chi connectivity index (χ1v) is 20.9. The number of rotatable bonds is 7. The van der Waals surface area contributed by atoms with Gasteiger partial charge < -0.3 is 33.9 Å². The molecule has 2 fully saturated rings. The highest BCUT2D eigenvalue weighted by Crippen LogP contribution is 2.68. The van der Waals surface area contributed by atoms with E-state index in [1.54, 1.807) is 19.2 Å². The van der Waals surface area contributed by atoms with E-state index in [-0.39, 0.29) is 17.8 Å². The summed E-state index contributed by atoms with van der Waals surface area (Å²) in [4.78, 5) is 53.0. The number of hydrogen-bond acceptors (Lipinski definition) is 11. The fourth-order valence-electron chi connectivity index (χ4n) is 13.1. The molecule has 2 N–H and O–H groups in total. The van der Waals surface area contributed by atoms with Crippen molar-refractivity contribution in [2.24, 2.45) is 11.3 Å². The first kappa shape index (κ1) is 39.7. The van der Waals surface area contributed by atoms with Crippen molar-refractivity contribution in [3.05, 3.63) is 82.3 Å². The molecule has 314 valence electrons. The highest BCUT2D eigenvalue weighted by atomic mass is 19.1. The molecule has 1 unspecified atom stereocenters. The zero-order chi connectivity index (χ0) is 41.8. The first-order valence-electron chi connectivity index (χ1n) is 20.9. The van der Waals surface area contributed by atoms with Gasteiger partial charge in [0.05, 0.1) is 27.4 Å². The average molecular weight is 811 g/mol. The molecule has 1 saturated heterocycles. The van der Waals surface area contributed by atoms with Gasteiger partial charge in [0.2, 0.25) is 5.60 Å². The summed E-state index contributed by atoms with van der Waals surface area (Å²) < 4.78 is 39.0. The van der Waals surface area contributed by atoms with Crippen molar-refractivity contribution in [2.75, 3.05) is 66.0 Å². The number of benzene rings is 2. The smallest absolute Gasteiger partial charge is 0.344 e. The van der Waals surface area contributed by atoms with E-state index in [1.165, 1.54) is 32.8 Å². The Morgan fingerprint density at radius 3 is 2.49 bits per heavy atom. The molecule has 5 aliphatic heterocycles. The molecule has 0 radical (unpaired) electrons. The second-order valence-electron chi connectivity index (χ2n) is 17.6. The number of ether oxygens (including phenoxy) is 4. The lowest BCUT2D eigenvalue weighted by Crippen LogP contribution is -2.81. The minimum atomic E-state index is -2.31. The van der Waals surface area contributed by atoms with Crippen LogP contribution in [0.25, 0.3) is 10.9 Å². The molecule has 9 atom stereocenters. The number of esters is 3. The number of halogens is 1. The molecule has 12 nitrogen and oxygen atoms in total. The van der Waals surface area contributed by atoms with E-state index in [9.17, 15) is 14.7 Å². The normalized spacial score (nSPS) is 34.4. The van der Waals surface area contributed by atoms with E-state index >= 15 is 9.18 Å². The third-order valence-electron chi connectivity index (χ3n) is 15.1. The predicted octanol–water partition coefficient (Wildman–Crippen LogP) is 4.94. The van der Waals surface area contributed by atoms with Crippen molar-refractivity contribution in [1.82, 2.24) is 14.8 Å². The fourth-order valence-corrected chi connectivity index (χ4v) is 13.1. The number of nitrogens with zero attached hydrogens (tertiary/aromatic N) is 3. The number of fused-ring (bicyclic) bond motifs is 6. The van der Waals surface area contributed by atoms with Gasteiger partial charge >= 0.3 is 17.9 Å². The number of likely N-dealkylation sites (N-methyl/N-ethyl adjacent to an activating group) is 1. The standard InChI is InChI=1S/C46H55FN4O8/c1-8-27-19-28-23-45(41(53)57-6,37-30(13-17-50(24-27)25-28)31-20-29(47)11-12-34(31)48-37)33-21-32-35(22-36(33)56-5)49(4)39-44(32)15-18-51-16-10-14-43(9-2,38(44)51)40(59-26(3)52)46(39,55)42(54)58-7/h10-12,14,19-22,28,38-40,48,55H,8-9,13,15-18,23-25H2,1-7H3/t28-,38+,39-,40-,43-,44-,45+,46+/m1/s1. The molecule has 2 bridgehead atoms. The maximum atomic E-state index is 15.3. The number of aliphatic hydroxyl groups is 1. The molecular formula is C46H55FN4O8. The maximum Gasteiger partial charge on any atom is 0.344 e. The summed E-state index contributed by atoms with van der Waals surface area (Å²) in [6.07, 6.45) is 7.90. The number of anilines is 1. The fraction of sp³-hybridized carbons (Fsp3) is 0.543. The van der Waals surface area contributed by atoms with E-state index in [0.29, 0.717) is 66.7 Å². The van der Waals surface area contributed by atoms with Crippen LogP contribution in [-0.4, -0.2) is 123 Å². The summed E-state index contributed by atoms with van der Waals surface area (Å²) in [6, 6.07) is 7.43. The Hall–Kier alpha value is -4.72. The van der Waals surface area contributed by atoms with Crippen molar-refractivity contribution >= 4 is 34.5 Å². The number of nitrogens with one attached hydrogen (secondary N) is 1. The maximum absolute atomic E-state index is 15.3. The Morgan fingerprint density at radius 1 is 1.02 bits per heavy atom. The molecule has 13 heteroatoms. The second-order valence-corrected chi connectivity index (χ2v) is 17.6. The third kappa shape index (κ3) is 5.19. The largest absolute Gasteiger partial charge is 0.496 e. The minimum absolute atomic E-state index is 0.0553. The molecule has 6 heterocycles. The third-order valence-corrected chi connectivity index (χ3v) is 15.1. The first-order chi connectivity index (χ1) is 28.3. The van der Waals surface area contributed by atoms with Crippen LogP contribution in [0, 0.1) is 17.2 Å². The summed E-state index contributed by atoms with van der Waals surface area (Å²) >= 11 is 0. The van der Waals surface area contributed by atoms with Crippen molar-refractivity contribution in [1.29, 1.82) is 0 Å². The van der Waals surface area contributed by atoms with E-state index in [1.807, 2.05) is 37.1 Å². The number of aromatic amines is 1. The Kier molecular flexibility index (Phi) is 9.37. The van der Waals surface area contributed by atoms with Crippen molar-refractivity contribution in [3.8, 4) is 5.75 Å². The van der Waals surface area contributed by atoms with Gasteiger partial charge in [-0.3, -0.25) is 19.4 Å². The molecule has 9 rings (SSSR count). The van der Waals surface area contributed by atoms with Crippen LogP contribution < -0.4 is 9.64 Å². The Morgan fingerprint density at radius 2 is 1.80 bits per heavy atom. The molecule has 2 aromatic carbocycles. The average Bonchev–Trinajstić information content (AvgIpc) is 3.89. The summed E-state index contributed by atoms with van der Waals surface area (Å²) in [5, 5.41) is 14.0. The van der Waals surface area contributed by atoms with Crippen molar-refractivity contribution in [2.45, 2.75) is 87.5 Å². The lowest BCUT2D eigenvalue weighted by Gasteiger charge is -2.63. The van der Waals surface area contributed by atoms with E-state index in [4.69, 9.17) is 18.9 Å². The quantitative estimate of drug-likeness (QED) is 0.191. The molecular weight excluding hydrogens is 756 g/mol. The van der Waals surface area contributed by atoms with Gasteiger partial charge in [-0.1, -0.05) is 37.6 Å². The highest BCUT2D eigenvalue weighted by Gasteiger charge is 2.80. The number of carbonyl (C=O) groups is 3. The molecule has 6 aliphatic rings. The van der Waals surface area contributed by atoms with Crippen LogP contribution in [0.3, 0.4) is 0 Å². The topological polar surface area (TPSA) is 134 Å². The van der Waals surface area contributed by atoms with E-state index in [0.717, 1.165) is 42.9 Å². The van der Waals surface area contributed by atoms with Crippen LogP contribution in [0.15, 0.2) is 54.1 Å². The zero-order valence-corrected chi connectivity index (χ0v) is 35.0. The van der Waals surface area contributed by atoms with E-state index in [2.05, 4.69) is 33.8 Å². The van der Waals surface area contributed by atoms with Gasteiger partial charge in [0, 0.05) is 90.9 Å². The lowest BCUT2D eigenvalue weighted by molar-refractivity contribution is -0.228. The molecule has 1 saturated carbocycles. The second kappa shape index (κ2) is 13.9. The number of methoxy groups -OCH3 is 3. The van der Waals surface area contributed by atoms with E-state index < -0.39 is 51.9 Å². The molecule has 1 spiro atoms. The summed E-state index contributed by atoms with van der Waals surface area (Å²) in [7, 11) is 6.09. The number of H-pyrrole nitrogens is 1. The lowest BCUT2D eigenvalue weighted by atomic mass is 9.47. The van der Waals surface area contributed by atoms with Crippen LogP contribution in [-0.2, 0) is 45.8 Å². The van der Waals surface area contributed by atoms with Crippen molar-refractivity contribution in [3.63, 3.8) is 0 Å². The Bertz CT molecular complexity index is 2320. The number of aromatic nitrogens is 1. The van der Waals surface area contributed by atoms with Gasteiger partial charge in [0.25, 0.3) is 0 Å². The Labute approximate surface area is 344 Å². The minimum Gasteiger partial charge on any atom is -0.496 e. The summed E-state index contributed by atoms with van der Waals surface area (Å²) in [6.45, 7) is 9.01. The van der Waals surface area contributed by atoms with Crippen LogP contribution in [0.2, 0.25) is 0 Å². The van der Waals surface area contributed by atoms with Crippen LogP contribution in [0.5, 0.6) is 5.75 Å². The van der Waals surface area contributed by atoms with Crippen LogP contribution in [0.1, 0.15) is 68.8 Å². The predicted molar refractivity (Wildman–Crippen MR) is 219 cm³/mol. The SMILES string of the molecule is CCC1=C[C@H]2CN(CCc3c([nH]c4ccc(F)cc34)[C@@](C(=O)OC)(c3cc4c(cc3OC)N(C)[C@H]3[C@@](O)(C(=O)OC)[C@H](OC(C)=O)[C@]5(CC)C=CCN6CC[C@]43[C@@H]65)C2)C1. The van der Waals surface area contributed by atoms with Gasteiger partial charge in [-0.2, -0.15) is 0 Å². The molecule has 0 amide bonds. The van der Waals surface area contributed by atoms with Crippen molar-refractivity contribution < 1.29 is 42.8 Å². The Balaban J connectivity index is 1.38. The van der Waals surface area contributed by atoms with Gasteiger partial charge in [-0.05, 0) is 80.0 Å². The highest BCUT2D eigenvalue weighted by molar-refractivity contribution is 5.95. The summed E-state index contributed by atoms with van der Waals surface area (Å²) in [5.74, 6) is -1.97. The van der Waals surface area contributed by atoms with Crippen LogP contribution >= 0.6 is 0 Å². The summed E-state index contributed by atoms with van der Waals surface area (Å²) in [5.41, 5.74) is -0.0400. The van der Waals surface area contributed by atoms with Gasteiger partial charge in [-0.25, -0.2) is 9.18 Å².